The van der Waals surface area contributed by atoms with Crippen molar-refractivity contribution in [2.75, 3.05) is 0 Å². The fourth-order valence-corrected chi connectivity index (χ4v) is 1.65. The van der Waals surface area contributed by atoms with E-state index in [1.807, 2.05) is 0 Å². The number of nitrogens with one attached hydrogen (secondary N) is 1. The molecular weight excluding hydrogens is 250 g/mol. The Balaban J connectivity index is 0.00000144. The van der Waals surface area contributed by atoms with Crippen LogP contribution in [0.15, 0.2) is 23.1 Å². The van der Waals surface area contributed by atoms with Crippen LogP contribution in [0.25, 0.3) is 10.8 Å². The highest BCUT2D eigenvalue weighted by molar-refractivity contribution is 5.85. The summed E-state index contributed by atoms with van der Waals surface area (Å²) in [5, 5.41) is 0.450. The van der Waals surface area contributed by atoms with Gasteiger partial charge in [-0.1, -0.05) is 0 Å². The van der Waals surface area contributed by atoms with Crippen LogP contribution in [-0.4, -0.2) is 4.98 Å². The van der Waals surface area contributed by atoms with Crippen LogP contribution in [0.2, 0.25) is 0 Å². The summed E-state index contributed by atoms with van der Waals surface area (Å²) in [7, 11) is 0. The highest BCUT2D eigenvalue weighted by atomic mass is 35.5. The average Bonchev–Trinajstić information content (AvgIpc) is 2.21. The molecule has 1 unspecified atom stereocenters. The molecule has 0 amide bonds. The maximum Gasteiger partial charge on any atom is 0.255 e. The third-order valence-electron chi connectivity index (χ3n) is 2.47. The Bertz CT molecular complexity index is 610. The molecule has 0 fully saturated rings. The summed E-state index contributed by atoms with van der Waals surface area (Å²) in [5.74, 6) is -2.03. The summed E-state index contributed by atoms with van der Waals surface area (Å²) >= 11 is 0. The lowest BCUT2D eigenvalue weighted by Gasteiger charge is -2.09. The molecule has 17 heavy (non-hydrogen) atoms. The molecule has 3 nitrogen and oxygen atoms in total. The van der Waals surface area contributed by atoms with Crippen LogP contribution in [0.4, 0.5) is 8.78 Å². The molecule has 3 N–H and O–H groups in total. The zero-order chi connectivity index (χ0) is 11.9. The third kappa shape index (κ3) is 2.30. The number of H-pyrrole nitrogens is 1. The molecule has 0 aliphatic rings. The van der Waals surface area contributed by atoms with Crippen LogP contribution in [0.5, 0.6) is 0 Å². The quantitative estimate of drug-likeness (QED) is 0.826. The maximum atomic E-state index is 13.1. The molecule has 1 heterocycles. The van der Waals surface area contributed by atoms with E-state index in [1.165, 1.54) is 6.20 Å². The molecule has 0 aliphatic carbocycles. The number of hydrogen-bond acceptors (Lipinski definition) is 2. The molecule has 2 aromatic rings. The van der Waals surface area contributed by atoms with E-state index in [0.29, 0.717) is 10.9 Å². The van der Waals surface area contributed by atoms with Gasteiger partial charge in [-0.15, -0.1) is 12.4 Å². The van der Waals surface area contributed by atoms with Gasteiger partial charge in [0.2, 0.25) is 0 Å². The van der Waals surface area contributed by atoms with E-state index >= 15 is 0 Å². The SMILES string of the molecule is CC(N)c1c[nH]c(=O)c2cc(F)c(F)cc12.Cl. The average molecular weight is 261 g/mol. The minimum absolute atomic E-state index is 0. The lowest BCUT2D eigenvalue weighted by molar-refractivity contribution is 0.510. The van der Waals surface area contributed by atoms with Crippen LogP contribution in [-0.2, 0) is 0 Å². The van der Waals surface area contributed by atoms with Crippen LogP contribution in [0.3, 0.4) is 0 Å². The molecule has 0 spiro atoms. The van der Waals surface area contributed by atoms with Gasteiger partial charge in [-0.05, 0) is 30.0 Å². The van der Waals surface area contributed by atoms with Gasteiger partial charge in [0.15, 0.2) is 11.6 Å². The zero-order valence-corrected chi connectivity index (χ0v) is 9.78. The van der Waals surface area contributed by atoms with Crippen molar-refractivity contribution in [3.63, 3.8) is 0 Å². The summed E-state index contributed by atoms with van der Waals surface area (Å²) in [5.41, 5.74) is 5.80. The lowest BCUT2D eigenvalue weighted by Crippen LogP contribution is -2.13. The first-order chi connectivity index (χ1) is 7.50. The van der Waals surface area contributed by atoms with Crippen LogP contribution >= 0.6 is 12.4 Å². The molecule has 0 bridgehead atoms. The fraction of sp³-hybridized carbons (Fsp3) is 0.182. The van der Waals surface area contributed by atoms with E-state index in [1.54, 1.807) is 6.92 Å². The molecule has 0 saturated heterocycles. The molecule has 0 saturated carbocycles. The van der Waals surface area contributed by atoms with Gasteiger partial charge in [-0.2, -0.15) is 0 Å². The predicted molar refractivity (Wildman–Crippen MR) is 64.3 cm³/mol. The molecule has 6 heteroatoms. The first-order valence-electron chi connectivity index (χ1n) is 4.76. The molecule has 2 rings (SSSR count). The minimum Gasteiger partial charge on any atom is -0.328 e. The highest BCUT2D eigenvalue weighted by Crippen LogP contribution is 2.22. The summed E-state index contributed by atoms with van der Waals surface area (Å²) in [4.78, 5) is 13.9. The largest absolute Gasteiger partial charge is 0.328 e. The number of benzene rings is 1. The normalized spacial score (nSPS) is 12.2. The van der Waals surface area contributed by atoms with E-state index in [4.69, 9.17) is 5.73 Å². The molecule has 1 aromatic heterocycles. The van der Waals surface area contributed by atoms with Crippen LogP contribution in [0, 0.1) is 11.6 Å². The van der Waals surface area contributed by atoms with Crippen molar-refractivity contribution in [3.8, 4) is 0 Å². The molecule has 0 radical (unpaired) electrons. The smallest absolute Gasteiger partial charge is 0.255 e. The van der Waals surface area contributed by atoms with Gasteiger partial charge >= 0.3 is 0 Å². The van der Waals surface area contributed by atoms with Crippen molar-refractivity contribution in [3.05, 3.63) is 45.9 Å². The molecule has 1 aromatic carbocycles. The Morgan fingerprint density at radius 2 is 1.76 bits per heavy atom. The van der Waals surface area contributed by atoms with Crippen molar-refractivity contribution in [2.24, 2.45) is 5.73 Å². The van der Waals surface area contributed by atoms with Crippen LogP contribution in [0.1, 0.15) is 18.5 Å². The van der Waals surface area contributed by atoms with Gasteiger partial charge in [-0.25, -0.2) is 8.78 Å². The molecule has 0 aliphatic heterocycles. The second kappa shape index (κ2) is 4.81. The maximum absolute atomic E-state index is 13.1. The van der Waals surface area contributed by atoms with Gasteiger partial charge in [0, 0.05) is 12.2 Å². The van der Waals surface area contributed by atoms with Crippen molar-refractivity contribution in [1.82, 2.24) is 4.98 Å². The van der Waals surface area contributed by atoms with E-state index in [0.717, 1.165) is 12.1 Å². The number of pyridine rings is 1. The Labute approximate surface area is 102 Å². The summed E-state index contributed by atoms with van der Waals surface area (Å²) in [6.45, 7) is 1.70. The van der Waals surface area contributed by atoms with E-state index in [9.17, 15) is 13.6 Å². The van der Waals surface area contributed by atoms with Crippen molar-refractivity contribution in [2.45, 2.75) is 13.0 Å². The van der Waals surface area contributed by atoms with E-state index in [2.05, 4.69) is 4.98 Å². The Morgan fingerprint density at radius 3 is 2.29 bits per heavy atom. The zero-order valence-electron chi connectivity index (χ0n) is 8.96. The number of fused-ring (bicyclic) bond motifs is 1. The number of rotatable bonds is 1. The first kappa shape index (κ1) is 13.6. The monoisotopic (exact) mass is 260 g/mol. The topological polar surface area (TPSA) is 58.9 Å². The number of aromatic nitrogens is 1. The number of halogens is 3. The van der Waals surface area contributed by atoms with Gasteiger partial charge in [0.05, 0.1) is 5.39 Å². The fourth-order valence-electron chi connectivity index (χ4n) is 1.65. The standard InChI is InChI=1S/C11H10F2N2O.ClH/c1-5(14)8-4-15-11(16)7-3-10(13)9(12)2-6(7)8;/h2-5H,14H2,1H3,(H,15,16);1H. The number of nitrogens with two attached hydrogens (primary N) is 1. The first-order valence-corrected chi connectivity index (χ1v) is 4.76. The summed E-state index contributed by atoms with van der Waals surface area (Å²) in [6.07, 6.45) is 1.42. The Hall–Kier alpha value is -1.46. The van der Waals surface area contributed by atoms with Crippen molar-refractivity contribution in [1.29, 1.82) is 0 Å². The Kier molecular flexibility index (Phi) is 3.85. The van der Waals surface area contributed by atoms with Gasteiger partial charge in [0.25, 0.3) is 5.56 Å². The second-order valence-electron chi connectivity index (χ2n) is 3.67. The second-order valence-corrected chi connectivity index (χ2v) is 3.67. The predicted octanol–water partition coefficient (Wildman–Crippen LogP) is 2.25. The van der Waals surface area contributed by atoms with Crippen molar-refractivity contribution < 1.29 is 8.78 Å². The summed E-state index contributed by atoms with van der Waals surface area (Å²) in [6, 6.07) is 1.51. The Morgan fingerprint density at radius 1 is 1.24 bits per heavy atom. The van der Waals surface area contributed by atoms with E-state index in [-0.39, 0.29) is 23.8 Å². The number of hydrogen-bond donors (Lipinski definition) is 2. The van der Waals surface area contributed by atoms with Crippen molar-refractivity contribution >= 4 is 23.2 Å². The van der Waals surface area contributed by atoms with Gasteiger partial charge in [-0.3, -0.25) is 4.79 Å². The van der Waals surface area contributed by atoms with Crippen LogP contribution < -0.4 is 11.3 Å². The van der Waals surface area contributed by atoms with E-state index < -0.39 is 17.2 Å². The highest BCUT2D eigenvalue weighted by Gasteiger charge is 2.12. The molecule has 1 atom stereocenters. The lowest BCUT2D eigenvalue weighted by atomic mass is 10.0. The third-order valence-corrected chi connectivity index (χ3v) is 2.47. The minimum atomic E-state index is -1.04. The molecular formula is C11H11ClF2N2O. The molecule has 92 valence electrons. The van der Waals surface area contributed by atoms with Gasteiger partial charge in [0.1, 0.15) is 0 Å². The summed E-state index contributed by atoms with van der Waals surface area (Å²) < 4.78 is 26.1. The van der Waals surface area contributed by atoms with Gasteiger partial charge < -0.3 is 10.7 Å². The number of aromatic amines is 1.